The molecule has 0 aliphatic heterocycles. The molecule has 22 heavy (non-hydrogen) atoms. The summed E-state index contributed by atoms with van der Waals surface area (Å²) >= 11 is 0. The molecule has 3 N–H and O–H groups in total. The van der Waals surface area contributed by atoms with Crippen molar-refractivity contribution in [2.24, 2.45) is 4.99 Å². The van der Waals surface area contributed by atoms with Crippen molar-refractivity contribution in [1.82, 2.24) is 16.0 Å². The number of ether oxygens (including phenoxy) is 1. The third-order valence-corrected chi connectivity index (χ3v) is 3.06. The van der Waals surface area contributed by atoms with Crippen LogP contribution in [0, 0.1) is 0 Å². The van der Waals surface area contributed by atoms with Gasteiger partial charge in [-0.1, -0.05) is 12.1 Å². The van der Waals surface area contributed by atoms with Crippen LogP contribution in [0.1, 0.15) is 29.3 Å². The van der Waals surface area contributed by atoms with Crippen molar-refractivity contribution in [2.45, 2.75) is 19.9 Å². The van der Waals surface area contributed by atoms with Crippen LogP contribution >= 0.6 is 0 Å². The lowest BCUT2D eigenvalue weighted by Gasteiger charge is -2.12. The van der Waals surface area contributed by atoms with E-state index in [9.17, 15) is 4.79 Å². The number of aliphatic imine (C=N–C) groups is 1. The Bertz CT molecular complexity index is 489. The van der Waals surface area contributed by atoms with Crippen molar-refractivity contribution in [3.05, 3.63) is 35.4 Å². The van der Waals surface area contributed by atoms with E-state index in [1.807, 2.05) is 25.1 Å². The molecule has 0 saturated carbocycles. The molecular weight excluding hydrogens is 280 g/mol. The van der Waals surface area contributed by atoms with E-state index in [-0.39, 0.29) is 5.91 Å². The van der Waals surface area contributed by atoms with Crippen LogP contribution in [0.15, 0.2) is 29.3 Å². The Morgan fingerprint density at radius 3 is 2.82 bits per heavy atom. The fraction of sp³-hybridized carbons (Fsp3) is 0.500. The average molecular weight is 306 g/mol. The second-order valence-electron chi connectivity index (χ2n) is 4.68. The molecule has 0 unspecified atom stereocenters. The highest BCUT2D eigenvalue weighted by atomic mass is 16.5. The van der Waals surface area contributed by atoms with Crippen LogP contribution in [0.4, 0.5) is 0 Å². The molecule has 0 spiro atoms. The number of hydrogen-bond donors (Lipinski definition) is 3. The second kappa shape index (κ2) is 10.6. The Morgan fingerprint density at radius 1 is 1.32 bits per heavy atom. The van der Waals surface area contributed by atoms with Gasteiger partial charge in [0.05, 0.1) is 0 Å². The van der Waals surface area contributed by atoms with Gasteiger partial charge in [-0.15, -0.1) is 0 Å². The fourth-order valence-corrected chi connectivity index (χ4v) is 1.90. The molecule has 0 atom stereocenters. The smallest absolute Gasteiger partial charge is 0.251 e. The summed E-state index contributed by atoms with van der Waals surface area (Å²) in [5.74, 6) is 0.655. The Hall–Kier alpha value is -2.08. The summed E-state index contributed by atoms with van der Waals surface area (Å²) in [6, 6.07) is 7.51. The minimum absolute atomic E-state index is 0.0831. The molecule has 6 heteroatoms. The normalized spacial score (nSPS) is 11.1. The predicted molar refractivity (Wildman–Crippen MR) is 89.1 cm³/mol. The lowest BCUT2D eigenvalue weighted by Crippen LogP contribution is -2.37. The van der Waals surface area contributed by atoms with Gasteiger partial charge in [-0.2, -0.15) is 0 Å². The van der Waals surface area contributed by atoms with Crippen LogP contribution in [0.25, 0.3) is 0 Å². The maximum Gasteiger partial charge on any atom is 0.251 e. The number of carbonyl (C=O) groups excluding carboxylic acids is 1. The maximum atomic E-state index is 11.6. The van der Waals surface area contributed by atoms with E-state index in [0.717, 1.165) is 37.7 Å². The molecule has 0 radical (unpaired) electrons. The minimum Gasteiger partial charge on any atom is -0.382 e. The van der Waals surface area contributed by atoms with Crippen molar-refractivity contribution < 1.29 is 9.53 Å². The van der Waals surface area contributed by atoms with Gasteiger partial charge in [0.1, 0.15) is 0 Å². The SMILES string of the molecule is CCOCCCNC(=NC)NCc1cccc(C(=O)NC)c1. The number of guanidine groups is 1. The van der Waals surface area contributed by atoms with Crippen molar-refractivity contribution in [2.75, 3.05) is 33.9 Å². The Labute approximate surface area is 132 Å². The zero-order chi connectivity index (χ0) is 16.2. The number of benzene rings is 1. The number of nitrogens with one attached hydrogen (secondary N) is 3. The number of nitrogens with zero attached hydrogens (tertiary/aromatic N) is 1. The van der Waals surface area contributed by atoms with Gasteiger partial charge in [-0.05, 0) is 31.0 Å². The van der Waals surface area contributed by atoms with Gasteiger partial charge < -0.3 is 20.7 Å². The van der Waals surface area contributed by atoms with Gasteiger partial charge in [-0.25, -0.2) is 0 Å². The number of carbonyl (C=O) groups is 1. The molecule has 0 aliphatic rings. The molecule has 122 valence electrons. The first-order valence-corrected chi connectivity index (χ1v) is 7.54. The molecule has 0 aromatic heterocycles. The molecule has 0 bridgehead atoms. The molecule has 0 heterocycles. The van der Waals surface area contributed by atoms with Crippen LogP contribution in [0.3, 0.4) is 0 Å². The van der Waals surface area contributed by atoms with E-state index < -0.39 is 0 Å². The molecule has 6 nitrogen and oxygen atoms in total. The van der Waals surface area contributed by atoms with Crippen molar-refractivity contribution in [3.8, 4) is 0 Å². The van der Waals surface area contributed by atoms with Crippen molar-refractivity contribution in [3.63, 3.8) is 0 Å². The summed E-state index contributed by atoms with van der Waals surface area (Å²) in [6.45, 7) is 4.89. The maximum absolute atomic E-state index is 11.6. The number of amides is 1. The molecule has 0 aliphatic carbocycles. The number of hydrogen-bond acceptors (Lipinski definition) is 3. The van der Waals surface area contributed by atoms with E-state index in [4.69, 9.17) is 4.74 Å². The first-order chi connectivity index (χ1) is 10.7. The van der Waals surface area contributed by atoms with E-state index in [1.165, 1.54) is 0 Å². The first kappa shape index (κ1) is 18.0. The monoisotopic (exact) mass is 306 g/mol. The highest BCUT2D eigenvalue weighted by molar-refractivity contribution is 5.94. The highest BCUT2D eigenvalue weighted by Crippen LogP contribution is 2.05. The van der Waals surface area contributed by atoms with Crippen LogP contribution in [0.2, 0.25) is 0 Å². The summed E-state index contributed by atoms with van der Waals surface area (Å²) in [4.78, 5) is 15.8. The first-order valence-electron chi connectivity index (χ1n) is 7.54. The molecule has 1 rings (SSSR count). The summed E-state index contributed by atoms with van der Waals surface area (Å²) in [7, 11) is 3.36. The van der Waals surface area contributed by atoms with Gasteiger partial charge in [0.25, 0.3) is 5.91 Å². The Kier molecular flexibility index (Phi) is 8.67. The largest absolute Gasteiger partial charge is 0.382 e. The van der Waals surface area contributed by atoms with E-state index >= 15 is 0 Å². The third kappa shape index (κ3) is 6.58. The van der Waals surface area contributed by atoms with Crippen LogP contribution in [0.5, 0.6) is 0 Å². The van der Waals surface area contributed by atoms with Crippen LogP contribution in [-0.2, 0) is 11.3 Å². The van der Waals surface area contributed by atoms with E-state index in [2.05, 4.69) is 20.9 Å². The zero-order valence-electron chi connectivity index (χ0n) is 13.6. The van der Waals surface area contributed by atoms with Gasteiger partial charge in [0, 0.05) is 46.0 Å². The van der Waals surface area contributed by atoms with E-state index in [0.29, 0.717) is 12.1 Å². The fourth-order valence-electron chi connectivity index (χ4n) is 1.90. The second-order valence-corrected chi connectivity index (χ2v) is 4.68. The average Bonchev–Trinajstić information content (AvgIpc) is 2.57. The molecule has 1 amide bonds. The van der Waals surface area contributed by atoms with Crippen molar-refractivity contribution in [1.29, 1.82) is 0 Å². The highest BCUT2D eigenvalue weighted by Gasteiger charge is 2.04. The standard InChI is InChI=1S/C16H26N4O2/c1-4-22-10-6-9-19-16(18-3)20-12-13-7-5-8-14(11-13)15(21)17-2/h5,7-8,11H,4,6,9-10,12H2,1-3H3,(H,17,21)(H2,18,19,20). The lowest BCUT2D eigenvalue weighted by atomic mass is 10.1. The van der Waals surface area contributed by atoms with E-state index in [1.54, 1.807) is 20.2 Å². The molecular formula is C16H26N4O2. The van der Waals surface area contributed by atoms with Gasteiger partial charge in [-0.3, -0.25) is 9.79 Å². The Morgan fingerprint density at radius 2 is 2.14 bits per heavy atom. The van der Waals surface area contributed by atoms with Crippen LogP contribution < -0.4 is 16.0 Å². The molecule has 1 aromatic rings. The summed E-state index contributed by atoms with van der Waals surface area (Å²) in [6.07, 6.45) is 0.931. The molecule has 0 saturated heterocycles. The zero-order valence-corrected chi connectivity index (χ0v) is 13.6. The van der Waals surface area contributed by atoms with Gasteiger partial charge in [0.2, 0.25) is 0 Å². The molecule has 0 fully saturated rings. The third-order valence-electron chi connectivity index (χ3n) is 3.06. The lowest BCUT2D eigenvalue weighted by molar-refractivity contribution is 0.0963. The Balaban J connectivity index is 2.41. The predicted octanol–water partition coefficient (Wildman–Crippen LogP) is 1.14. The quantitative estimate of drug-likeness (QED) is 0.382. The minimum atomic E-state index is -0.0831. The topological polar surface area (TPSA) is 74.8 Å². The summed E-state index contributed by atoms with van der Waals surface area (Å²) in [5.41, 5.74) is 1.68. The number of rotatable bonds is 8. The summed E-state index contributed by atoms with van der Waals surface area (Å²) in [5, 5.41) is 9.08. The van der Waals surface area contributed by atoms with Gasteiger partial charge >= 0.3 is 0 Å². The molecule has 1 aromatic carbocycles. The van der Waals surface area contributed by atoms with Crippen LogP contribution in [-0.4, -0.2) is 45.7 Å². The van der Waals surface area contributed by atoms with Gasteiger partial charge in [0.15, 0.2) is 5.96 Å². The van der Waals surface area contributed by atoms with Crippen molar-refractivity contribution >= 4 is 11.9 Å². The summed E-state index contributed by atoms with van der Waals surface area (Å²) < 4.78 is 5.29.